The first-order chi connectivity index (χ1) is 7.59. The molecule has 2 heterocycles. The van der Waals surface area contributed by atoms with Crippen LogP contribution in [0, 0.1) is 0 Å². The van der Waals surface area contributed by atoms with E-state index < -0.39 is 0 Å². The number of nitrogens with two attached hydrogens (primary N) is 1. The van der Waals surface area contributed by atoms with E-state index in [0.717, 1.165) is 27.9 Å². The molecule has 4 nitrogen and oxygen atoms in total. The highest BCUT2D eigenvalue weighted by Crippen LogP contribution is 2.26. The van der Waals surface area contributed by atoms with Gasteiger partial charge in [-0.1, -0.05) is 13.8 Å². The summed E-state index contributed by atoms with van der Waals surface area (Å²) < 4.78 is 0.946. The van der Waals surface area contributed by atoms with Crippen LogP contribution in [0.3, 0.4) is 0 Å². The number of pyridine rings is 1. The van der Waals surface area contributed by atoms with Crippen LogP contribution in [-0.4, -0.2) is 21.5 Å². The smallest absolute Gasteiger partial charge is 0.177 e. The minimum atomic E-state index is -0.104. The van der Waals surface area contributed by atoms with Crippen molar-refractivity contribution < 1.29 is 0 Å². The maximum atomic E-state index is 5.81. The summed E-state index contributed by atoms with van der Waals surface area (Å²) in [5, 5.41) is 0. The third kappa shape index (κ3) is 1.85. The van der Waals surface area contributed by atoms with Gasteiger partial charge in [-0.05, 0) is 28.4 Å². The summed E-state index contributed by atoms with van der Waals surface area (Å²) >= 11 is 3.39. The van der Waals surface area contributed by atoms with Crippen LogP contribution in [0.4, 0.5) is 0 Å². The molecule has 0 aliphatic carbocycles. The molecule has 0 aromatic carbocycles. The number of hydrogen-bond acceptors (Lipinski definition) is 3. The van der Waals surface area contributed by atoms with Gasteiger partial charge in [-0.15, -0.1) is 0 Å². The molecule has 0 spiro atoms. The number of aromatic nitrogens is 3. The third-order valence-corrected chi connectivity index (χ3v) is 3.54. The van der Waals surface area contributed by atoms with Gasteiger partial charge in [0.25, 0.3) is 0 Å². The molecule has 1 atom stereocenters. The van der Waals surface area contributed by atoms with Crippen molar-refractivity contribution in [1.82, 2.24) is 15.0 Å². The Morgan fingerprint density at radius 1 is 1.56 bits per heavy atom. The van der Waals surface area contributed by atoms with Crippen molar-refractivity contribution in [2.45, 2.75) is 25.7 Å². The summed E-state index contributed by atoms with van der Waals surface area (Å²) in [6.45, 7) is 4.80. The summed E-state index contributed by atoms with van der Waals surface area (Å²) in [5.74, 6) is 0.915. The average molecular weight is 283 g/mol. The van der Waals surface area contributed by atoms with Crippen molar-refractivity contribution in [3.63, 3.8) is 0 Å². The number of imidazole rings is 1. The largest absolute Gasteiger partial charge is 0.340 e. The molecular formula is C11H15BrN4. The average Bonchev–Trinajstić information content (AvgIpc) is 2.71. The van der Waals surface area contributed by atoms with Gasteiger partial charge in [-0.3, -0.25) is 0 Å². The number of aromatic amines is 1. The Balaban J connectivity index is 2.54. The van der Waals surface area contributed by atoms with Crippen LogP contribution in [0.1, 0.15) is 26.1 Å². The molecule has 0 radical (unpaired) electrons. The Labute approximate surface area is 103 Å². The van der Waals surface area contributed by atoms with E-state index in [4.69, 9.17) is 5.73 Å². The molecule has 2 aromatic rings. The fourth-order valence-corrected chi connectivity index (χ4v) is 1.90. The van der Waals surface area contributed by atoms with E-state index in [1.165, 1.54) is 0 Å². The maximum absolute atomic E-state index is 5.81. The van der Waals surface area contributed by atoms with Crippen molar-refractivity contribution >= 4 is 27.1 Å². The lowest BCUT2D eigenvalue weighted by Crippen LogP contribution is -2.32. The minimum Gasteiger partial charge on any atom is -0.340 e. The first kappa shape index (κ1) is 11.5. The van der Waals surface area contributed by atoms with E-state index in [9.17, 15) is 0 Å². The van der Waals surface area contributed by atoms with Crippen LogP contribution >= 0.6 is 15.9 Å². The van der Waals surface area contributed by atoms with Gasteiger partial charge >= 0.3 is 0 Å². The summed E-state index contributed by atoms with van der Waals surface area (Å²) in [6.07, 6.45) is 2.70. The number of H-pyrrole nitrogens is 1. The summed E-state index contributed by atoms with van der Waals surface area (Å²) in [5.41, 5.74) is 7.39. The van der Waals surface area contributed by atoms with E-state index in [0.29, 0.717) is 6.54 Å². The quantitative estimate of drug-likeness (QED) is 0.908. The third-order valence-electron chi connectivity index (χ3n) is 3.11. The molecule has 5 heteroatoms. The lowest BCUT2D eigenvalue weighted by molar-refractivity contribution is 0.443. The molecule has 0 aliphatic heterocycles. The molecule has 2 rings (SSSR count). The van der Waals surface area contributed by atoms with E-state index in [2.05, 4.69) is 44.7 Å². The summed E-state index contributed by atoms with van der Waals surface area (Å²) in [6, 6.07) is 1.98. The van der Waals surface area contributed by atoms with Crippen LogP contribution in [0.25, 0.3) is 11.2 Å². The predicted octanol–water partition coefficient (Wildman–Crippen LogP) is 2.35. The Bertz CT molecular complexity index is 502. The lowest BCUT2D eigenvalue weighted by atomic mass is 9.87. The highest BCUT2D eigenvalue weighted by molar-refractivity contribution is 9.10. The van der Waals surface area contributed by atoms with Crippen molar-refractivity contribution in [3.05, 3.63) is 22.6 Å². The molecule has 1 unspecified atom stereocenters. The molecule has 0 aliphatic rings. The van der Waals surface area contributed by atoms with Gasteiger partial charge in [0.15, 0.2) is 5.65 Å². The summed E-state index contributed by atoms with van der Waals surface area (Å²) in [4.78, 5) is 12.0. The first-order valence-electron chi connectivity index (χ1n) is 5.31. The number of nitrogens with one attached hydrogen (secondary N) is 1. The molecule has 2 aromatic heterocycles. The van der Waals surface area contributed by atoms with Gasteiger partial charge < -0.3 is 10.7 Å². The Kier molecular flexibility index (Phi) is 2.99. The van der Waals surface area contributed by atoms with Crippen molar-refractivity contribution in [2.75, 3.05) is 6.54 Å². The van der Waals surface area contributed by atoms with Gasteiger partial charge in [-0.25, -0.2) is 9.97 Å². The van der Waals surface area contributed by atoms with Gasteiger partial charge in [-0.2, -0.15) is 0 Å². The van der Waals surface area contributed by atoms with E-state index in [1.54, 1.807) is 6.20 Å². The van der Waals surface area contributed by atoms with Crippen LogP contribution in [-0.2, 0) is 5.41 Å². The zero-order chi connectivity index (χ0) is 11.8. The Morgan fingerprint density at radius 2 is 2.31 bits per heavy atom. The molecule has 0 saturated heterocycles. The minimum absolute atomic E-state index is 0.104. The molecule has 0 saturated carbocycles. The van der Waals surface area contributed by atoms with Crippen molar-refractivity contribution in [3.8, 4) is 0 Å². The fourth-order valence-electron chi connectivity index (χ4n) is 1.57. The zero-order valence-corrected chi connectivity index (χ0v) is 11.0. The topological polar surface area (TPSA) is 67.6 Å². The highest BCUT2D eigenvalue weighted by atomic mass is 79.9. The second-order valence-corrected chi connectivity index (χ2v) is 5.14. The molecule has 0 amide bonds. The van der Waals surface area contributed by atoms with Crippen LogP contribution in [0.15, 0.2) is 16.7 Å². The van der Waals surface area contributed by atoms with E-state index >= 15 is 0 Å². The number of nitrogens with zero attached hydrogens (tertiary/aromatic N) is 2. The molecule has 16 heavy (non-hydrogen) atoms. The number of fused-ring (bicyclic) bond motifs is 1. The standard InChI is InChI=1S/C11H15BrN4/c1-3-11(2,6-13)10-15-8-4-7(12)5-14-9(8)16-10/h4-5H,3,6,13H2,1-2H3,(H,14,15,16). The van der Waals surface area contributed by atoms with Crippen molar-refractivity contribution in [1.29, 1.82) is 0 Å². The second kappa shape index (κ2) is 4.14. The number of hydrogen-bond donors (Lipinski definition) is 2. The molecule has 0 fully saturated rings. The van der Waals surface area contributed by atoms with Gasteiger partial charge in [0.05, 0.1) is 5.52 Å². The maximum Gasteiger partial charge on any atom is 0.177 e. The van der Waals surface area contributed by atoms with Gasteiger partial charge in [0.2, 0.25) is 0 Å². The normalized spacial score (nSPS) is 15.2. The molecule has 0 bridgehead atoms. The number of halogens is 1. The van der Waals surface area contributed by atoms with Crippen LogP contribution in [0.5, 0.6) is 0 Å². The predicted molar refractivity (Wildman–Crippen MR) is 68.3 cm³/mol. The monoisotopic (exact) mass is 282 g/mol. The first-order valence-corrected chi connectivity index (χ1v) is 6.10. The lowest BCUT2D eigenvalue weighted by Gasteiger charge is -2.23. The molecule has 3 N–H and O–H groups in total. The van der Waals surface area contributed by atoms with E-state index in [-0.39, 0.29) is 5.41 Å². The Hall–Kier alpha value is -0.940. The molecule has 86 valence electrons. The Morgan fingerprint density at radius 3 is 2.94 bits per heavy atom. The highest BCUT2D eigenvalue weighted by Gasteiger charge is 2.26. The SMILES string of the molecule is CCC(C)(CN)c1nc2ncc(Br)cc2[nH]1. The van der Waals surface area contributed by atoms with Crippen LogP contribution < -0.4 is 5.73 Å². The summed E-state index contributed by atoms with van der Waals surface area (Å²) in [7, 11) is 0. The zero-order valence-electron chi connectivity index (χ0n) is 9.42. The van der Waals surface area contributed by atoms with Crippen LogP contribution in [0.2, 0.25) is 0 Å². The number of rotatable bonds is 3. The van der Waals surface area contributed by atoms with Gasteiger partial charge in [0, 0.05) is 22.6 Å². The van der Waals surface area contributed by atoms with Gasteiger partial charge in [0.1, 0.15) is 5.82 Å². The second-order valence-electron chi connectivity index (χ2n) is 4.23. The molecular weight excluding hydrogens is 268 g/mol. The van der Waals surface area contributed by atoms with E-state index in [1.807, 2.05) is 6.07 Å². The van der Waals surface area contributed by atoms with Crippen molar-refractivity contribution in [2.24, 2.45) is 5.73 Å². The fraction of sp³-hybridized carbons (Fsp3) is 0.455.